The lowest BCUT2D eigenvalue weighted by Gasteiger charge is -2.15. The summed E-state index contributed by atoms with van der Waals surface area (Å²) >= 11 is 6.18. The van der Waals surface area contributed by atoms with E-state index in [9.17, 15) is 0 Å². The normalized spacial score (nSPS) is 10.5. The number of nitrogen functional groups attached to an aromatic ring is 1. The average molecular weight is 307 g/mol. The molecule has 0 fully saturated rings. The summed E-state index contributed by atoms with van der Waals surface area (Å²) in [4.78, 5) is 0. The maximum Gasteiger partial charge on any atom is 0.144 e. The summed E-state index contributed by atoms with van der Waals surface area (Å²) in [5, 5.41) is 3.85. The summed E-state index contributed by atoms with van der Waals surface area (Å²) in [5.74, 6) is 1.38. The SMILES string of the molecule is COc1ccc(Cl)c(Nc2ccc(N)c(OC(C)C)c2)c1. The Balaban J connectivity index is 2.27. The molecule has 0 aromatic heterocycles. The standard InChI is InChI=1S/C16H19ClN2O2/c1-10(2)21-16-8-11(4-7-14(16)18)19-15-9-12(20-3)5-6-13(15)17/h4-10,19H,18H2,1-3H3. The van der Waals surface area contributed by atoms with E-state index in [4.69, 9.17) is 26.8 Å². The third-order valence-electron chi connectivity index (χ3n) is 2.83. The number of hydrogen-bond donors (Lipinski definition) is 2. The van der Waals surface area contributed by atoms with Gasteiger partial charge < -0.3 is 20.5 Å². The van der Waals surface area contributed by atoms with Gasteiger partial charge in [0.15, 0.2) is 0 Å². The molecule has 0 spiro atoms. The van der Waals surface area contributed by atoms with Crippen molar-refractivity contribution in [3.63, 3.8) is 0 Å². The van der Waals surface area contributed by atoms with Gasteiger partial charge in [0.25, 0.3) is 0 Å². The molecule has 0 unspecified atom stereocenters. The largest absolute Gasteiger partial charge is 0.497 e. The van der Waals surface area contributed by atoms with Gasteiger partial charge in [-0.25, -0.2) is 0 Å². The molecule has 0 amide bonds. The van der Waals surface area contributed by atoms with Crippen LogP contribution in [-0.2, 0) is 0 Å². The summed E-state index contributed by atoms with van der Waals surface area (Å²) in [6.45, 7) is 3.91. The molecule has 0 saturated carbocycles. The Hall–Kier alpha value is -2.07. The molecule has 3 N–H and O–H groups in total. The first-order chi connectivity index (χ1) is 9.99. The third kappa shape index (κ3) is 3.95. The summed E-state index contributed by atoms with van der Waals surface area (Å²) in [6.07, 6.45) is 0.0583. The van der Waals surface area contributed by atoms with E-state index in [2.05, 4.69) is 5.32 Å². The van der Waals surface area contributed by atoms with Crippen LogP contribution in [0.2, 0.25) is 5.02 Å². The molecule has 4 nitrogen and oxygen atoms in total. The highest BCUT2D eigenvalue weighted by Crippen LogP contribution is 2.32. The number of ether oxygens (including phenoxy) is 2. The maximum atomic E-state index is 6.18. The van der Waals surface area contributed by atoms with Crippen molar-refractivity contribution in [3.05, 3.63) is 41.4 Å². The first-order valence-electron chi connectivity index (χ1n) is 6.66. The molecule has 0 radical (unpaired) electrons. The molecular weight excluding hydrogens is 288 g/mol. The lowest BCUT2D eigenvalue weighted by atomic mass is 10.2. The van der Waals surface area contributed by atoms with Gasteiger partial charge in [-0.15, -0.1) is 0 Å². The van der Waals surface area contributed by atoms with Gasteiger partial charge in [0.05, 0.1) is 29.6 Å². The lowest BCUT2D eigenvalue weighted by Crippen LogP contribution is -2.07. The van der Waals surface area contributed by atoms with Crippen molar-refractivity contribution in [3.8, 4) is 11.5 Å². The van der Waals surface area contributed by atoms with E-state index in [1.807, 2.05) is 38.1 Å². The van der Waals surface area contributed by atoms with Crippen molar-refractivity contribution < 1.29 is 9.47 Å². The molecule has 21 heavy (non-hydrogen) atoms. The van der Waals surface area contributed by atoms with E-state index in [1.165, 1.54) is 0 Å². The van der Waals surface area contributed by atoms with Gasteiger partial charge in [0.2, 0.25) is 0 Å². The van der Waals surface area contributed by atoms with Gasteiger partial charge in [0.1, 0.15) is 11.5 Å². The van der Waals surface area contributed by atoms with Crippen LogP contribution in [0.5, 0.6) is 11.5 Å². The van der Waals surface area contributed by atoms with Crippen molar-refractivity contribution in [2.24, 2.45) is 0 Å². The van der Waals surface area contributed by atoms with Crippen LogP contribution in [0.4, 0.5) is 17.1 Å². The van der Waals surface area contributed by atoms with Crippen molar-refractivity contribution in [2.45, 2.75) is 20.0 Å². The molecule has 0 aliphatic heterocycles. The fourth-order valence-electron chi connectivity index (χ4n) is 1.85. The van der Waals surface area contributed by atoms with Crippen molar-refractivity contribution in [1.82, 2.24) is 0 Å². The minimum Gasteiger partial charge on any atom is -0.497 e. The van der Waals surface area contributed by atoms with Crippen LogP contribution in [-0.4, -0.2) is 13.2 Å². The quantitative estimate of drug-likeness (QED) is 0.801. The zero-order valence-electron chi connectivity index (χ0n) is 12.3. The average Bonchev–Trinajstić information content (AvgIpc) is 2.44. The monoisotopic (exact) mass is 306 g/mol. The Morgan fingerprint density at radius 3 is 2.57 bits per heavy atom. The van der Waals surface area contributed by atoms with Gasteiger partial charge in [-0.3, -0.25) is 0 Å². The molecule has 112 valence electrons. The second-order valence-corrected chi connectivity index (χ2v) is 5.30. The number of benzene rings is 2. The van der Waals surface area contributed by atoms with Gasteiger partial charge in [-0.05, 0) is 38.1 Å². The van der Waals surface area contributed by atoms with E-state index in [-0.39, 0.29) is 6.10 Å². The highest BCUT2D eigenvalue weighted by molar-refractivity contribution is 6.33. The van der Waals surface area contributed by atoms with Crippen molar-refractivity contribution >= 4 is 28.7 Å². The lowest BCUT2D eigenvalue weighted by molar-refractivity contribution is 0.244. The van der Waals surface area contributed by atoms with Crippen molar-refractivity contribution in [1.29, 1.82) is 0 Å². The second-order valence-electron chi connectivity index (χ2n) is 4.89. The van der Waals surface area contributed by atoms with Crippen LogP contribution in [0.1, 0.15) is 13.8 Å². The first-order valence-corrected chi connectivity index (χ1v) is 7.04. The van der Waals surface area contributed by atoms with E-state index in [0.717, 1.165) is 17.1 Å². The smallest absolute Gasteiger partial charge is 0.144 e. The van der Waals surface area contributed by atoms with Crippen LogP contribution in [0.25, 0.3) is 0 Å². The van der Waals surface area contributed by atoms with Crippen LogP contribution < -0.4 is 20.5 Å². The van der Waals surface area contributed by atoms with Crippen LogP contribution in [0.15, 0.2) is 36.4 Å². The third-order valence-corrected chi connectivity index (χ3v) is 3.16. The fraction of sp³-hybridized carbons (Fsp3) is 0.250. The number of methoxy groups -OCH3 is 1. The number of hydrogen-bond acceptors (Lipinski definition) is 4. The molecule has 0 heterocycles. The Bertz CT molecular complexity index is 630. The van der Waals surface area contributed by atoms with Gasteiger partial charge in [-0.1, -0.05) is 11.6 Å². The van der Waals surface area contributed by atoms with Gasteiger partial charge in [-0.2, -0.15) is 0 Å². The molecule has 5 heteroatoms. The minimum atomic E-state index is 0.0583. The molecule has 0 saturated heterocycles. The minimum absolute atomic E-state index is 0.0583. The predicted octanol–water partition coefficient (Wildman–Crippen LogP) is 4.46. The zero-order chi connectivity index (χ0) is 15.4. The first kappa shape index (κ1) is 15.3. The highest BCUT2D eigenvalue weighted by atomic mass is 35.5. The Morgan fingerprint density at radius 1 is 1.14 bits per heavy atom. The van der Waals surface area contributed by atoms with Crippen LogP contribution >= 0.6 is 11.6 Å². The molecule has 0 bridgehead atoms. The molecule has 2 aromatic carbocycles. The summed E-state index contributed by atoms with van der Waals surface area (Å²) < 4.78 is 10.9. The van der Waals surface area contributed by atoms with E-state index in [1.54, 1.807) is 19.2 Å². The second kappa shape index (κ2) is 6.59. The molecular formula is C16H19ClN2O2. The van der Waals surface area contributed by atoms with E-state index in [0.29, 0.717) is 16.5 Å². The molecule has 2 rings (SSSR count). The summed E-state index contributed by atoms with van der Waals surface area (Å²) in [6, 6.07) is 11.0. The number of nitrogens with one attached hydrogen (secondary N) is 1. The van der Waals surface area contributed by atoms with Gasteiger partial charge in [0, 0.05) is 17.8 Å². The summed E-state index contributed by atoms with van der Waals surface area (Å²) in [7, 11) is 1.62. The number of anilines is 3. The highest BCUT2D eigenvalue weighted by Gasteiger charge is 2.07. The number of halogens is 1. The predicted molar refractivity (Wildman–Crippen MR) is 87.9 cm³/mol. The topological polar surface area (TPSA) is 56.5 Å². The maximum absolute atomic E-state index is 6.18. The molecule has 0 aliphatic rings. The number of rotatable bonds is 5. The molecule has 0 aliphatic carbocycles. The van der Waals surface area contributed by atoms with Crippen LogP contribution in [0.3, 0.4) is 0 Å². The Kier molecular flexibility index (Phi) is 4.81. The van der Waals surface area contributed by atoms with Crippen molar-refractivity contribution in [2.75, 3.05) is 18.2 Å². The molecule has 0 atom stereocenters. The Labute approximate surface area is 129 Å². The van der Waals surface area contributed by atoms with Crippen LogP contribution in [0, 0.1) is 0 Å². The Morgan fingerprint density at radius 2 is 1.90 bits per heavy atom. The summed E-state index contributed by atoms with van der Waals surface area (Å²) in [5.41, 5.74) is 8.11. The van der Waals surface area contributed by atoms with Gasteiger partial charge >= 0.3 is 0 Å². The molecule has 2 aromatic rings. The van der Waals surface area contributed by atoms with E-state index < -0.39 is 0 Å². The number of nitrogens with two attached hydrogens (primary N) is 1. The van der Waals surface area contributed by atoms with E-state index >= 15 is 0 Å². The fourth-order valence-corrected chi connectivity index (χ4v) is 2.02. The zero-order valence-corrected chi connectivity index (χ0v) is 13.1.